The first-order valence-corrected chi connectivity index (χ1v) is 17.8. The van der Waals surface area contributed by atoms with Crippen LogP contribution in [0.1, 0.15) is 50.4 Å². The van der Waals surface area contributed by atoms with E-state index >= 15 is 0 Å². The third kappa shape index (κ3) is 8.96. The molecule has 17 heteroatoms. The molecule has 53 heavy (non-hydrogen) atoms. The Balaban J connectivity index is 0.000000815. The van der Waals surface area contributed by atoms with E-state index in [0.717, 1.165) is 10.8 Å². The van der Waals surface area contributed by atoms with Gasteiger partial charge in [0.05, 0.1) is 35.8 Å². The predicted molar refractivity (Wildman–Crippen MR) is 187 cm³/mol. The lowest BCUT2D eigenvalue weighted by Crippen LogP contribution is -2.40. The molecular weight excluding hydrogens is 724 g/mol. The van der Waals surface area contributed by atoms with Crippen LogP contribution in [-0.4, -0.2) is 72.9 Å². The number of fused-ring (bicyclic) bond motifs is 1. The van der Waals surface area contributed by atoms with E-state index < -0.39 is 62.9 Å². The number of benzene rings is 3. The average molecular weight is 763 g/mol. The molecule has 5 rings (SSSR count). The quantitative estimate of drug-likeness (QED) is 0.126. The molecule has 1 fully saturated rings. The molecule has 3 aromatic carbocycles. The van der Waals surface area contributed by atoms with Gasteiger partial charge in [-0.05, 0) is 86.2 Å². The predicted octanol–water partition coefficient (Wildman–Crippen LogP) is 6.09. The molecule has 12 nitrogen and oxygen atoms in total. The number of methoxy groups -OCH3 is 1. The Morgan fingerprint density at radius 3 is 2.38 bits per heavy atom. The molecule has 0 bridgehead atoms. The van der Waals surface area contributed by atoms with E-state index in [1.54, 1.807) is 63.4 Å². The number of rotatable bonds is 10. The van der Waals surface area contributed by atoms with Gasteiger partial charge < -0.3 is 30.5 Å². The highest BCUT2D eigenvalue weighted by Gasteiger charge is 2.46. The van der Waals surface area contributed by atoms with Crippen molar-refractivity contribution in [1.82, 2.24) is 9.88 Å². The van der Waals surface area contributed by atoms with Gasteiger partial charge in [-0.3, -0.25) is 9.59 Å². The number of carbonyl (C=O) groups is 3. The molecule has 2 heterocycles. The maximum Gasteiger partial charge on any atom is 0.490 e. The number of hydrogen-bond donors (Lipinski definition) is 3. The number of carboxylic acids is 1. The zero-order valence-corrected chi connectivity index (χ0v) is 29.9. The number of hydrogen-bond acceptors (Lipinski definition) is 10. The molecule has 1 amide bonds. The molecule has 3 atom stereocenters. The van der Waals surface area contributed by atoms with Crippen LogP contribution in [-0.2, 0) is 29.0 Å². The molecule has 0 aliphatic carbocycles. The average Bonchev–Trinajstić information content (AvgIpc) is 3.56. The molecule has 0 radical (unpaired) electrons. The fourth-order valence-corrected chi connectivity index (χ4v) is 7.23. The van der Waals surface area contributed by atoms with Gasteiger partial charge in [-0.1, -0.05) is 24.3 Å². The first-order valence-electron chi connectivity index (χ1n) is 16.3. The molecule has 1 aromatic heterocycles. The van der Waals surface area contributed by atoms with Crippen LogP contribution in [0.25, 0.3) is 10.8 Å². The van der Waals surface area contributed by atoms with E-state index in [-0.39, 0.29) is 30.2 Å². The van der Waals surface area contributed by atoms with Crippen LogP contribution in [0.5, 0.6) is 5.75 Å². The summed E-state index contributed by atoms with van der Waals surface area (Å²) in [5, 5.41) is 11.2. The van der Waals surface area contributed by atoms with Crippen LogP contribution in [0.3, 0.4) is 0 Å². The Morgan fingerprint density at radius 2 is 1.75 bits per heavy atom. The lowest BCUT2D eigenvalue weighted by Gasteiger charge is -2.33. The normalized spacial score (nSPS) is 16.4. The van der Waals surface area contributed by atoms with Gasteiger partial charge in [-0.25, -0.2) is 22.6 Å². The molecule has 1 unspecified atom stereocenters. The lowest BCUT2D eigenvalue weighted by atomic mass is 9.93. The standard InChI is InChI=1S/C34H37FN4O6S.C2HF3O2/c1-5-45-28-19-22(10-13-27(28)35)30(38-23-11-12-24-21(18-23)14-16-37-32(24)36)33(40)39-17-15-26(34(41)44-4)31(39)25-8-6-7-9-29(25)46(42,43)20(2)3;3-2(4,5)1(6)7/h6-14,16,18-20,26,30-31,38H,5,15,17H2,1-4H3,(H2,36,37);(H,6,7)/t26-,30?,31-;/m0./s1. The third-order valence-electron chi connectivity index (χ3n) is 8.53. The summed E-state index contributed by atoms with van der Waals surface area (Å²) in [5.41, 5.74) is 7.36. The second-order valence-corrected chi connectivity index (χ2v) is 14.6. The van der Waals surface area contributed by atoms with Crippen molar-refractivity contribution in [2.75, 3.05) is 31.3 Å². The zero-order chi connectivity index (χ0) is 39.2. The van der Waals surface area contributed by atoms with Gasteiger partial charge in [0.25, 0.3) is 0 Å². The van der Waals surface area contributed by atoms with Gasteiger partial charge in [0.1, 0.15) is 11.9 Å². The number of esters is 1. The van der Waals surface area contributed by atoms with Crippen LogP contribution >= 0.6 is 0 Å². The Morgan fingerprint density at radius 1 is 1.08 bits per heavy atom. The molecule has 1 aliphatic rings. The van der Waals surface area contributed by atoms with Crippen molar-refractivity contribution in [2.45, 2.75) is 55.6 Å². The molecule has 4 aromatic rings. The molecule has 0 spiro atoms. The molecule has 1 aliphatic heterocycles. The largest absolute Gasteiger partial charge is 0.491 e. The van der Waals surface area contributed by atoms with Crippen molar-refractivity contribution in [2.24, 2.45) is 5.92 Å². The summed E-state index contributed by atoms with van der Waals surface area (Å²) >= 11 is 0. The van der Waals surface area contributed by atoms with Gasteiger partial charge in [0.2, 0.25) is 5.91 Å². The molecular formula is C36H38F4N4O8S. The van der Waals surface area contributed by atoms with Crippen molar-refractivity contribution >= 4 is 50.0 Å². The summed E-state index contributed by atoms with van der Waals surface area (Å²) in [7, 11) is -2.53. The van der Waals surface area contributed by atoms with Gasteiger partial charge in [0.15, 0.2) is 21.4 Å². The number of ether oxygens (including phenoxy) is 2. The second kappa shape index (κ2) is 16.5. The number of likely N-dealkylation sites (tertiary alicyclic amines) is 1. The summed E-state index contributed by atoms with van der Waals surface area (Å²) in [6.45, 7) is 5.25. The number of nitrogens with zero attached hydrogens (tertiary/aromatic N) is 2. The van der Waals surface area contributed by atoms with Gasteiger partial charge in [-0.15, -0.1) is 0 Å². The highest BCUT2D eigenvalue weighted by Crippen LogP contribution is 2.43. The number of alkyl halides is 3. The highest BCUT2D eigenvalue weighted by molar-refractivity contribution is 7.92. The maximum atomic E-state index is 14.8. The number of sulfone groups is 1. The third-order valence-corrected chi connectivity index (χ3v) is 10.8. The number of halogens is 4. The minimum Gasteiger partial charge on any atom is -0.491 e. The van der Waals surface area contributed by atoms with Crippen molar-refractivity contribution in [3.05, 3.63) is 89.9 Å². The van der Waals surface area contributed by atoms with Crippen molar-refractivity contribution < 1.29 is 54.9 Å². The van der Waals surface area contributed by atoms with E-state index in [2.05, 4.69) is 10.3 Å². The monoisotopic (exact) mass is 762 g/mol. The number of carboxylic acid groups (broad SMARTS) is 1. The summed E-state index contributed by atoms with van der Waals surface area (Å²) in [5.74, 6) is -4.81. The minimum atomic E-state index is -5.08. The summed E-state index contributed by atoms with van der Waals surface area (Å²) in [6, 6.07) is 15.8. The SMILES string of the molecule is CCOc1cc(C(Nc2ccc3c(N)nccc3c2)C(=O)N2CC[C@H](C(=O)OC)[C@@H]2c2ccccc2S(=O)(=O)C(C)C)ccc1F.O=C(O)C(F)(F)F. The van der Waals surface area contributed by atoms with Crippen LogP contribution < -0.4 is 15.8 Å². The van der Waals surface area contributed by atoms with E-state index in [9.17, 15) is 35.6 Å². The number of nitrogens with one attached hydrogen (secondary N) is 1. The fourth-order valence-electron chi connectivity index (χ4n) is 5.94. The van der Waals surface area contributed by atoms with E-state index in [4.69, 9.17) is 25.1 Å². The van der Waals surface area contributed by atoms with Gasteiger partial charge in [0, 0.05) is 23.8 Å². The molecule has 1 saturated heterocycles. The maximum absolute atomic E-state index is 14.8. The zero-order valence-electron chi connectivity index (χ0n) is 29.1. The van der Waals surface area contributed by atoms with Crippen molar-refractivity contribution in [3.8, 4) is 5.75 Å². The van der Waals surface area contributed by atoms with E-state index in [0.29, 0.717) is 22.6 Å². The number of nitrogen functional groups attached to an aromatic ring is 1. The van der Waals surface area contributed by atoms with Gasteiger partial charge >= 0.3 is 18.1 Å². The van der Waals surface area contributed by atoms with Crippen molar-refractivity contribution in [3.63, 3.8) is 0 Å². The summed E-state index contributed by atoms with van der Waals surface area (Å²) < 4.78 is 84.0. The smallest absolute Gasteiger partial charge is 0.490 e. The molecule has 4 N–H and O–H groups in total. The van der Waals surface area contributed by atoms with Crippen LogP contribution in [0.4, 0.5) is 29.1 Å². The number of pyridine rings is 1. The Hall–Kier alpha value is -5.45. The van der Waals surface area contributed by atoms with Crippen LogP contribution in [0.2, 0.25) is 0 Å². The van der Waals surface area contributed by atoms with Crippen molar-refractivity contribution in [1.29, 1.82) is 0 Å². The molecule has 0 saturated carbocycles. The second-order valence-electron chi connectivity index (χ2n) is 12.2. The number of carbonyl (C=O) groups excluding carboxylic acids is 2. The Bertz CT molecular complexity index is 2100. The summed E-state index contributed by atoms with van der Waals surface area (Å²) in [4.78, 5) is 42.4. The highest BCUT2D eigenvalue weighted by atomic mass is 32.2. The Kier molecular flexibility index (Phi) is 12.5. The first-order chi connectivity index (χ1) is 24.9. The summed E-state index contributed by atoms with van der Waals surface area (Å²) in [6.07, 6.45) is -3.25. The minimum absolute atomic E-state index is 0.0178. The fraction of sp³-hybridized carbons (Fsp3) is 0.333. The van der Waals surface area contributed by atoms with E-state index in [1.165, 1.54) is 36.3 Å². The number of aromatic nitrogens is 1. The number of anilines is 2. The van der Waals surface area contributed by atoms with Crippen LogP contribution in [0, 0.1) is 11.7 Å². The number of aliphatic carboxylic acids is 1. The molecule has 284 valence electrons. The van der Waals surface area contributed by atoms with Crippen LogP contribution in [0.15, 0.2) is 77.8 Å². The Labute approximate surface area is 302 Å². The van der Waals surface area contributed by atoms with E-state index in [1.807, 2.05) is 6.07 Å². The number of nitrogens with two attached hydrogens (primary N) is 1. The van der Waals surface area contributed by atoms with Gasteiger partial charge in [-0.2, -0.15) is 13.2 Å². The topological polar surface area (TPSA) is 178 Å². The first kappa shape index (κ1) is 40.3. The lowest BCUT2D eigenvalue weighted by molar-refractivity contribution is -0.192. The number of amides is 1.